The molecule has 0 spiro atoms. The standard InChI is InChI=1S/C14H17FO4/c1-3-18-14(16)6-4-5-11-7-8-12(9-13(11)15)19-10-17-2/h4-5,7-9H,3,6,10H2,1-2H3. The second-order valence-corrected chi connectivity index (χ2v) is 3.65. The van der Waals surface area contributed by atoms with Crippen molar-refractivity contribution >= 4 is 12.0 Å². The van der Waals surface area contributed by atoms with Crippen molar-refractivity contribution in [2.24, 2.45) is 0 Å². The number of methoxy groups -OCH3 is 1. The lowest BCUT2D eigenvalue weighted by Crippen LogP contribution is -2.01. The SMILES string of the molecule is CCOC(=O)CC=Cc1ccc(OCOC)cc1F. The molecular weight excluding hydrogens is 251 g/mol. The second kappa shape index (κ2) is 8.26. The molecule has 0 radical (unpaired) electrons. The Labute approximate surface area is 111 Å². The van der Waals surface area contributed by atoms with Crippen LogP contribution in [0.1, 0.15) is 18.9 Å². The minimum atomic E-state index is -0.422. The van der Waals surface area contributed by atoms with Gasteiger partial charge in [-0.15, -0.1) is 0 Å². The highest BCUT2D eigenvalue weighted by Gasteiger charge is 2.02. The molecule has 0 aliphatic rings. The van der Waals surface area contributed by atoms with Crippen molar-refractivity contribution in [1.82, 2.24) is 0 Å². The Hall–Kier alpha value is -1.88. The first-order valence-corrected chi connectivity index (χ1v) is 5.90. The molecule has 0 heterocycles. The number of esters is 1. The molecule has 1 rings (SSSR count). The lowest BCUT2D eigenvalue weighted by atomic mass is 10.2. The number of hydrogen-bond acceptors (Lipinski definition) is 4. The summed E-state index contributed by atoms with van der Waals surface area (Å²) in [6.07, 6.45) is 3.22. The van der Waals surface area contributed by atoms with Crippen LogP contribution < -0.4 is 4.74 Å². The third-order valence-electron chi connectivity index (χ3n) is 2.20. The van der Waals surface area contributed by atoms with Crippen LogP contribution in [0.4, 0.5) is 4.39 Å². The summed E-state index contributed by atoms with van der Waals surface area (Å²) in [5.41, 5.74) is 0.383. The van der Waals surface area contributed by atoms with Gasteiger partial charge in [-0.2, -0.15) is 0 Å². The number of hydrogen-bond donors (Lipinski definition) is 0. The Bertz CT molecular complexity index is 443. The average molecular weight is 268 g/mol. The number of ether oxygens (including phenoxy) is 3. The Morgan fingerprint density at radius 1 is 1.42 bits per heavy atom. The van der Waals surface area contributed by atoms with Crippen LogP contribution in [-0.4, -0.2) is 26.5 Å². The van der Waals surface area contributed by atoms with Gasteiger partial charge in [0.1, 0.15) is 11.6 Å². The van der Waals surface area contributed by atoms with Gasteiger partial charge in [0.05, 0.1) is 13.0 Å². The molecule has 0 fully saturated rings. The van der Waals surface area contributed by atoms with Gasteiger partial charge in [0.25, 0.3) is 0 Å². The third kappa shape index (κ3) is 5.52. The van der Waals surface area contributed by atoms with Crippen molar-refractivity contribution < 1.29 is 23.4 Å². The first-order chi connectivity index (χ1) is 9.17. The van der Waals surface area contributed by atoms with Gasteiger partial charge in [0.15, 0.2) is 6.79 Å². The molecule has 104 valence electrons. The normalized spacial score (nSPS) is 10.7. The number of benzene rings is 1. The number of rotatable bonds is 7. The molecule has 0 saturated heterocycles. The monoisotopic (exact) mass is 268 g/mol. The van der Waals surface area contributed by atoms with Crippen LogP contribution in [0.15, 0.2) is 24.3 Å². The van der Waals surface area contributed by atoms with Crippen LogP contribution in [0.3, 0.4) is 0 Å². The van der Waals surface area contributed by atoms with Crippen LogP contribution in [0.2, 0.25) is 0 Å². The van der Waals surface area contributed by atoms with Crippen molar-refractivity contribution in [2.75, 3.05) is 20.5 Å². The molecule has 0 unspecified atom stereocenters. The summed E-state index contributed by atoms with van der Waals surface area (Å²) in [5.74, 6) is -0.366. The molecule has 0 aromatic heterocycles. The van der Waals surface area contributed by atoms with Crippen molar-refractivity contribution in [3.8, 4) is 5.75 Å². The average Bonchev–Trinajstić information content (AvgIpc) is 2.39. The van der Waals surface area contributed by atoms with Crippen LogP contribution in [0.25, 0.3) is 6.08 Å². The summed E-state index contributed by atoms with van der Waals surface area (Å²) in [6.45, 7) is 2.14. The van der Waals surface area contributed by atoms with E-state index >= 15 is 0 Å². The molecule has 19 heavy (non-hydrogen) atoms. The highest BCUT2D eigenvalue weighted by Crippen LogP contribution is 2.18. The van der Waals surface area contributed by atoms with Gasteiger partial charge in [-0.3, -0.25) is 4.79 Å². The summed E-state index contributed by atoms with van der Waals surface area (Å²) in [5, 5.41) is 0. The van der Waals surface area contributed by atoms with Crippen LogP contribution in [-0.2, 0) is 14.3 Å². The lowest BCUT2D eigenvalue weighted by Gasteiger charge is -2.05. The molecule has 0 aliphatic carbocycles. The quantitative estimate of drug-likeness (QED) is 0.563. The van der Waals surface area contributed by atoms with Crippen molar-refractivity contribution in [3.05, 3.63) is 35.7 Å². The first-order valence-electron chi connectivity index (χ1n) is 5.90. The summed E-state index contributed by atoms with van der Waals surface area (Å²) in [7, 11) is 1.49. The molecule has 0 amide bonds. The largest absolute Gasteiger partial charge is 0.467 e. The lowest BCUT2D eigenvalue weighted by molar-refractivity contribution is -0.142. The van der Waals surface area contributed by atoms with E-state index in [1.165, 1.54) is 19.3 Å². The predicted octanol–water partition coefficient (Wildman–Crippen LogP) is 2.77. The third-order valence-corrected chi connectivity index (χ3v) is 2.20. The number of carbonyl (C=O) groups is 1. The summed E-state index contributed by atoms with van der Waals surface area (Å²) >= 11 is 0. The minimum absolute atomic E-state index is 0.0669. The molecule has 1 aromatic carbocycles. The summed E-state index contributed by atoms with van der Waals surface area (Å²) < 4.78 is 28.2. The van der Waals surface area contributed by atoms with Gasteiger partial charge in [-0.05, 0) is 19.1 Å². The van der Waals surface area contributed by atoms with E-state index in [2.05, 4.69) is 0 Å². The van der Waals surface area contributed by atoms with E-state index in [0.717, 1.165) is 0 Å². The Kier molecular flexibility index (Phi) is 6.60. The highest BCUT2D eigenvalue weighted by molar-refractivity contribution is 5.72. The van der Waals surface area contributed by atoms with E-state index in [9.17, 15) is 9.18 Å². The van der Waals surface area contributed by atoms with Gasteiger partial charge in [0.2, 0.25) is 0 Å². The second-order valence-electron chi connectivity index (χ2n) is 3.65. The maximum atomic E-state index is 13.7. The van der Waals surface area contributed by atoms with Crippen molar-refractivity contribution in [1.29, 1.82) is 0 Å². The van der Waals surface area contributed by atoms with Gasteiger partial charge in [-0.25, -0.2) is 4.39 Å². The predicted molar refractivity (Wildman–Crippen MR) is 69.2 cm³/mol. The smallest absolute Gasteiger partial charge is 0.309 e. The fourth-order valence-electron chi connectivity index (χ4n) is 1.36. The molecule has 1 aromatic rings. The van der Waals surface area contributed by atoms with E-state index in [0.29, 0.717) is 17.9 Å². The molecular formula is C14H17FO4. The molecule has 5 heteroatoms. The highest BCUT2D eigenvalue weighted by atomic mass is 19.1. The fourth-order valence-corrected chi connectivity index (χ4v) is 1.36. The zero-order valence-corrected chi connectivity index (χ0v) is 11.0. The van der Waals surface area contributed by atoms with E-state index in [-0.39, 0.29) is 19.2 Å². The molecule has 4 nitrogen and oxygen atoms in total. The molecule has 0 aliphatic heterocycles. The Morgan fingerprint density at radius 3 is 2.84 bits per heavy atom. The van der Waals surface area contributed by atoms with Gasteiger partial charge < -0.3 is 14.2 Å². The van der Waals surface area contributed by atoms with Crippen molar-refractivity contribution in [3.63, 3.8) is 0 Å². The van der Waals surface area contributed by atoms with E-state index in [1.807, 2.05) is 0 Å². The van der Waals surface area contributed by atoms with Gasteiger partial charge in [0, 0.05) is 18.7 Å². The van der Waals surface area contributed by atoms with E-state index in [4.69, 9.17) is 14.2 Å². The van der Waals surface area contributed by atoms with E-state index in [1.54, 1.807) is 25.1 Å². The zero-order chi connectivity index (χ0) is 14.1. The summed E-state index contributed by atoms with van der Waals surface area (Å²) in [6, 6.07) is 4.47. The molecule has 0 atom stereocenters. The maximum Gasteiger partial charge on any atom is 0.309 e. The van der Waals surface area contributed by atoms with Crippen LogP contribution >= 0.6 is 0 Å². The number of carbonyl (C=O) groups excluding carboxylic acids is 1. The molecule has 0 bridgehead atoms. The van der Waals surface area contributed by atoms with Gasteiger partial charge in [-0.1, -0.05) is 12.2 Å². The minimum Gasteiger partial charge on any atom is -0.467 e. The van der Waals surface area contributed by atoms with Crippen LogP contribution in [0.5, 0.6) is 5.75 Å². The van der Waals surface area contributed by atoms with Crippen molar-refractivity contribution in [2.45, 2.75) is 13.3 Å². The maximum absolute atomic E-state index is 13.7. The molecule has 0 N–H and O–H groups in total. The molecule has 0 saturated carbocycles. The first kappa shape index (κ1) is 15.2. The Morgan fingerprint density at radius 2 is 2.21 bits per heavy atom. The Balaban J connectivity index is 2.59. The fraction of sp³-hybridized carbons (Fsp3) is 0.357. The zero-order valence-electron chi connectivity index (χ0n) is 11.0. The summed E-state index contributed by atoms with van der Waals surface area (Å²) in [4.78, 5) is 11.1. The van der Waals surface area contributed by atoms with E-state index < -0.39 is 5.82 Å². The number of halogens is 1. The van der Waals surface area contributed by atoms with Crippen LogP contribution in [0, 0.1) is 5.82 Å². The van der Waals surface area contributed by atoms with Gasteiger partial charge >= 0.3 is 5.97 Å². The topological polar surface area (TPSA) is 44.8 Å².